The second-order valence-electron chi connectivity index (χ2n) is 4.14. The number of rotatable bonds is 8. The predicted molar refractivity (Wildman–Crippen MR) is 81.5 cm³/mol. The van der Waals surface area contributed by atoms with Gasteiger partial charge < -0.3 is 5.32 Å². The van der Waals surface area contributed by atoms with Crippen LogP contribution in [0.25, 0.3) is 0 Å². The van der Waals surface area contributed by atoms with Crippen molar-refractivity contribution in [1.29, 1.82) is 5.26 Å². The zero-order valence-corrected chi connectivity index (χ0v) is 12.3. The summed E-state index contributed by atoms with van der Waals surface area (Å²) in [4.78, 5) is 0. The lowest BCUT2D eigenvalue weighted by atomic mass is 10.1. The van der Waals surface area contributed by atoms with Crippen molar-refractivity contribution < 1.29 is 0 Å². The van der Waals surface area contributed by atoms with Gasteiger partial charge in [-0.3, -0.25) is 0 Å². The lowest BCUT2D eigenvalue weighted by Crippen LogP contribution is -2.03. The Morgan fingerprint density at radius 2 is 2.06 bits per heavy atom. The molecule has 1 N–H and O–H groups in total. The van der Waals surface area contributed by atoms with Gasteiger partial charge in [0, 0.05) is 11.6 Å². The Bertz CT molecular complexity index is 401. The molecule has 0 spiro atoms. The monoisotopic (exact) mass is 282 g/mol. The molecule has 0 atom stereocenters. The smallest absolute Gasteiger partial charge is 0.101 e. The molecule has 0 unspecified atom stereocenters. The summed E-state index contributed by atoms with van der Waals surface area (Å²) < 4.78 is 0. The normalized spacial score (nSPS) is 10.1. The van der Waals surface area contributed by atoms with Crippen LogP contribution in [0.2, 0.25) is 5.02 Å². The van der Waals surface area contributed by atoms with Crippen LogP contribution in [0.3, 0.4) is 0 Å². The maximum Gasteiger partial charge on any atom is 0.101 e. The summed E-state index contributed by atoms with van der Waals surface area (Å²) in [6.07, 6.45) is 7.11. The molecule has 0 aliphatic carbocycles. The zero-order valence-electron chi connectivity index (χ0n) is 10.7. The lowest BCUT2D eigenvalue weighted by Gasteiger charge is -2.08. The van der Waals surface area contributed by atoms with Crippen molar-refractivity contribution in [2.45, 2.75) is 25.7 Å². The standard InChI is InChI=1S/C14H19ClN2S/c1-18-9-5-3-2-4-8-17-14-7-6-13(15)10-12(14)11-16/h6-7,10,17H,2-5,8-9H2,1H3. The Labute approximate surface area is 119 Å². The fraction of sp³-hybridized carbons (Fsp3) is 0.500. The molecule has 0 fully saturated rings. The summed E-state index contributed by atoms with van der Waals surface area (Å²) in [5.41, 5.74) is 1.50. The first-order chi connectivity index (χ1) is 8.77. The van der Waals surface area contributed by atoms with Gasteiger partial charge in [-0.2, -0.15) is 17.0 Å². The van der Waals surface area contributed by atoms with Crippen LogP contribution >= 0.6 is 23.4 Å². The van der Waals surface area contributed by atoms with Gasteiger partial charge in [0.1, 0.15) is 6.07 Å². The predicted octanol–water partition coefficient (Wildman–Crippen LogP) is 4.55. The van der Waals surface area contributed by atoms with Crippen molar-refractivity contribution in [3.8, 4) is 6.07 Å². The number of anilines is 1. The van der Waals surface area contributed by atoms with Crippen molar-refractivity contribution in [3.05, 3.63) is 28.8 Å². The van der Waals surface area contributed by atoms with E-state index in [-0.39, 0.29) is 0 Å². The van der Waals surface area contributed by atoms with E-state index in [1.165, 1.54) is 25.0 Å². The SMILES string of the molecule is CSCCCCCCNc1ccc(Cl)cc1C#N. The fourth-order valence-corrected chi connectivity index (χ4v) is 2.38. The second-order valence-corrected chi connectivity index (χ2v) is 5.56. The van der Waals surface area contributed by atoms with E-state index >= 15 is 0 Å². The van der Waals surface area contributed by atoms with Crippen LogP contribution in [0.15, 0.2) is 18.2 Å². The Balaban J connectivity index is 2.25. The summed E-state index contributed by atoms with van der Waals surface area (Å²) in [6, 6.07) is 7.53. The quantitative estimate of drug-likeness (QED) is 0.711. The molecular formula is C14H19ClN2S. The van der Waals surface area contributed by atoms with E-state index in [9.17, 15) is 0 Å². The highest BCUT2D eigenvalue weighted by Crippen LogP contribution is 2.19. The average Bonchev–Trinajstić information content (AvgIpc) is 2.39. The topological polar surface area (TPSA) is 35.8 Å². The van der Waals surface area contributed by atoms with Crippen LogP contribution in [0.5, 0.6) is 0 Å². The Kier molecular flexibility index (Phi) is 7.71. The fourth-order valence-electron chi connectivity index (χ4n) is 1.71. The van der Waals surface area contributed by atoms with Crippen molar-refractivity contribution in [2.75, 3.05) is 23.9 Å². The summed E-state index contributed by atoms with van der Waals surface area (Å²) in [5, 5.41) is 12.9. The third-order valence-corrected chi connectivity index (χ3v) is 3.62. The van der Waals surface area contributed by atoms with Crippen LogP contribution in [0.4, 0.5) is 5.69 Å². The maximum absolute atomic E-state index is 8.99. The molecule has 2 nitrogen and oxygen atoms in total. The first-order valence-corrected chi connectivity index (χ1v) is 7.97. The van der Waals surface area contributed by atoms with E-state index in [1.54, 1.807) is 6.07 Å². The molecule has 0 aliphatic heterocycles. The van der Waals surface area contributed by atoms with Gasteiger partial charge in [0.2, 0.25) is 0 Å². The van der Waals surface area contributed by atoms with Gasteiger partial charge in [0.25, 0.3) is 0 Å². The highest BCUT2D eigenvalue weighted by atomic mass is 35.5. The highest BCUT2D eigenvalue weighted by molar-refractivity contribution is 7.98. The molecule has 1 aromatic rings. The van der Waals surface area contributed by atoms with Gasteiger partial charge in [0.05, 0.1) is 11.3 Å². The van der Waals surface area contributed by atoms with Gasteiger partial charge in [-0.1, -0.05) is 24.4 Å². The van der Waals surface area contributed by atoms with Crippen LogP contribution in [0, 0.1) is 11.3 Å². The lowest BCUT2D eigenvalue weighted by molar-refractivity contribution is 0.689. The molecule has 1 rings (SSSR count). The minimum atomic E-state index is 0.606. The molecule has 98 valence electrons. The minimum absolute atomic E-state index is 0.606. The van der Waals surface area contributed by atoms with E-state index < -0.39 is 0 Å². The van der Waals surface area contributed by atoms with E-state index in [0.29, 0.717) is 10.6 Å². The van der Waals surface area contributed by atoms with Crippen LogP contribution in [-0.2, 0) is 0 Å². The molecule has 0 bridgehead atoms. The van der Waals surface area contributed by atoms with Crippen molar-refractivity contribution >= 4 is 29.1 Å². The van der Waals surface area contributed by atoms with E-state index in [1.807, 2.05) is 23.9 Å². The maximum atomic E-state index is 8.99. The van der Waals surface area contributed by atoms with Crippen molar-refractivity contribution in [2.24, 2.45) is 0 Å². The zero-order chi connectivity index (χ0) is 13.2. The largest absolute Gasteiger partial charge is 0.384 e. The van der Waals surface area contributed by atoms with E-state index in [2.05, 4.69) is 17.6 Å². The van der Waals surface area contributed by atoms with Crippen LogP contribution in [0.1, 0.15) is 31.2 Å². The molecule has 0 saturated carbocycles. The summed E-state index contributed by atoms with van der Waals surface area (Å²) >= 11 is 7.75. The average molecular weight is 283 g/mol. The number of hydrogen-bond acceptors (Lipinski definition) is 3. The van der Waals surface area contributed by atoms with E-state index in [0.717, 1.165) is 18.7 Å². The first-order valence-electron chi connectivity index (χ1n) is 6.20. The van der Waals surface area contributed by atoms with Crippen LogP contribution < -0.4 is 5.32 Å². The number of nitriles is 1. The molecule has 1 aromatic carbocycles. The molecule has 0 heterocycles. The summed E-state index contributed by atoms with van der Waals surface area (Å²) in [5.74, 6) is 1.25. The number of hydrogen-bond donors (Lipinski definition) is 1. The number of benzene rings is 1. The Morgan fingerprint density at radius 1 is 1.28 bits per heavy atom. The Morgan fingerprint density at radius 3 is 2.78 bits per heavy atom. The van der Waals surface area contributed by atoms with Gasteiger partial charge in [-0.05, 0) is 43.0 Å². The number of nitrogens with one attached hydrogen (secondary N) is 1. The molecule has 0 saturated heterocycles. The molecule has 0 amide bonds. The molecule has 18 heavy (non-hydrogen) atoms. The number of unbranched alkanes of at least 4 members (excludes halogenated alkanes) is 3. The molecule has 0 aromatic heterocycles. The van der Waals surface area contributed by atoms with Crippen molar-refractivity contribution in [1.82, 2.24) is 0 Å². The number of thioether (sulfide) groups is 1. The second kappa shape index (κ2) is 9.13. The minimum Gasteiger partial charge on any atom is -0.384 e. The van der Waals surface area contributed by atoms with Gasteiger partial charge >= 0.3 is 0 Å². The highest BCUT2D eigenvalue weighted by Gasteiger charge is 2.01. The summed E-state index contributed by atoms with van der Waals surface area (Å²) in [6.45, 7) is 0.912. The Hall–Kier alpha value is -0.850. The summed E-state index contributed by atoms with van der Waals surface area (Å²) in [7, 11) is 0. The third kappa shape index (κ3) is 5.66. The van der Waals surface area contributed by atoms with Crippen LogP contribution in [-0.4, -0.2) is 18.6 Å². The number of nitrogens with zero attached hydrogens (tertiary/aromatic N) is 1. The molecule has 4 heteroatoms. The first kappa shape index (κ1) is 15.2. The van der Waals surface area contributed by atoms with Gasteiger partial charge in [0.15, 0.2) is 0 Å². The van der Waals surface area contributed by atoms with Gasteiger partial charge in [-0.15, -0.1) is 0 Å². The molecule has 0 aliphatic rings. The van der Waals surface area contributed by atoms with Crippen molar-refractivity contribution in [3.63, 3.8) is 0 Å². The van der Waals surface area contributed by atoms with E-state index in [4.69, 9.17) is 16.9 Å². The number of halogens is 1. The van der Waals surface area contributed by atoms with Gasteiger partial charge in [-0.25, -0.2) is 0 Å². The molecular weight excluding hydrogens is 264 g/mol. The molecule has 0 radical (unpaired) electrons. The third-order valence-electron chi connectivity index (χ3n) is 2.69.